The van der Waals surface area contributed by atoms with Crippen molar-refractivity contribution in [1.29, 1.82) is 5.26 Å². The number of allylic oxidation sites excluding steroid dienone is 2. The molecule has 2 atom stereocenters. The van der Waals surface area contributed by atoms with E-state index in [0.29, 0.717) is 12.3 Å². The van der Waals surface area contributed by atoms with Crippen LogP contribution in [0.3, 0.4) is 0 Å². The summed E-state index contributed by atoms with van der Waals surface area (Å²) in [6.07, 6.45) is 4.61. The van der Waals surface area contributed by atoms with Gasteiger partial charge in [0.05, 0.1) is 6.07 Å². The minimum Gasteiger partial charge on any atom is -0.396 e. The van der Waals surface area contributed by atoms with Crippen molar-refractivity contribution in [2.75, 3.05) is 6.61 Å². The molecule has 0 fully saturated rings. The van der Waals surface area contributed by atoms with Gasteiger partial charge < -0.3 is 5.11 Å². The molecule has 1 aliphatic rings. The summed E-state index contributed by atoms with van der Waals surface area (Å²) in [5, 5.41) is 17.7. The largest absolute Gasteiger partial charge is 0.396 e. The fourth-order valence-corrected chi connectivity index (χ4v) is 2.17. The van der Waals surface area contributed by atoms with Crippen molar-refractivity contribution in [1.82, 2.24) is 0 Å². The normalized spacial score (nSPS) is 32.8. The summed E-state index contributed by atoms with van der Waals surface area (Å²) >= 11 is 0. The maximum atomic E-state index is 8.91. The van der Waals surface area contributed by atoms with Gasteiger partial charge in [-0.25, -0.2) is 0 Å². The molecule has 0 aliphatic heterocycles. The molecule has 1 N–H and O–H groups in total. The summed E-state index contributed by atoms with van der Waals surface area (Å²) in [5.74, 6) is 0.456. The predicted molar refractivity (Wildman–Crippen MR) is 51.9 cm³/mol. The molecule has 72 valence electrons. The van der Waals surface area contributed by atoms with Crippen molar-refractivity contribution < 1.29 is 5.11 Å². The van der Waals surface area contributed by atoms with Gasteiger partial charge in [-0.2, -0.15) is 5.26 Å². The van der Waals surface area contributed by atoms with Crippen molar-refractivity contribution in [3.8, 4) is 6.07 Å². The zero-order valence-electron chi connectivity index (χ0n) is 8.38. The third-order valence-corrected chi connectivity index (χ3v) is 3.43. The van der Waals surface area contributed by atoms with Crippen LogP contribution in [0.2, 0.25) is 0 Å². The highest BCUT2D eigenvalue weighted by Gasteiger charge is 2.38. The average Bonchev–Trinajstić information content (AvgIpc) is 2.34. The van der Waals surface area contributed by atoms with E-state index in [2.05, 4.69) is 26.0 Å². The highest BCUT2D eigenvalue weighted by molar-refractivity contribution is 5.21. The summed E-state index contributed by atoms with van der Waals surface area (Å²) in [5.41, 5.74) is 1.32. The van der Waals surface area contributed by atoms with Crippen LogP contribution in [0.25, 0.3) is 0 Å². The first-order chi connectivity index (χ1) is 6.15. The zero-order chi connectivity index (χ0) is 9.90. The summed E-state index contributed by atoms with van der Waals surface area (Å²) < 4.78 is 0. The number of aliphatic hydroxyl groups excluding tert-OH is 1. The summed E-state index contributed by atoms with van der Waals surface area (Å²) in [4.78, 5) is 0. The Hall–Kier alpha value is -0.810. The van der Waals surface area contributed by atoms with Crippen LogP contribution in [-0.4, -0.2) is 11.7 Å². The third-order valence-electron chi connectivity index (χ3n) is 3.43. The van der Waals surface area contributed by atoms with Crippen molar-refractivity contribution in [2.45, 2.75) is 33.1 Å². The van der Waals surface area contributed by atoms with E-state index in [1.54, 1.807) is 0 Å². The van der Waals surface area contributed by atoms with Gasteiger partial charge in [-0.1, -0.05) is 18.6 Å². The van der Waals surface area contributed by atoms with Gasteiger partial charge in [0.1, 0.15) is 0 Å². The Labute approximate surface area is 79.9 Å². The molecule has 13 heavy (non-hydrogen) atoms. The molecule has 0 heterocycles. The van der Waals surface area contributed by atoms with Gasteiger partial charge in [0.2, 0.25) is 0 Å². The molecule has 2 unspecified atom stereocenters. The number of hydrogen-bond acceptors (Lipinski definition) is 2. The molecule has 0 bridgehead atoms. The zero-order valence-corrected chi connectivity index (χ0v) is 8.38. The van der Waals surface area contributed by atoms with E-state index in [4.69, 9.17) is 10.4 Å². The number of aliphatic hydroxyl groups is 1. The Balaban J connectivity index is 2.76. The van der Waals surface area contributed by atoms with Gasteiger partial charge in [-0.15, -0.1) is 0 Å². The average molecular weight is 179 g/mol. The lowest BCUT2D eigenvalue weighted by Crippen LogP contribution is -2.24. The van der Waals surface area contributed by atoms with Gasteiger partial charge in [-0.05, 0) is 25.7 Å². The van der Waals surface area contributed by atoms with Crippen molar-refractivity contribution in [3.63, 3.8) is 0 Å². The highest BCUT2D eigenvalue weighted by Crippen LogP contribution is 2.47. The molecular formula is C11H17NO. The number of rotatable bonds is 3. The Kier molecular flexibility index (Phi) is 3.11. The molecule has 0 saturated carbocycles. The van der Waals surface area contributed by atoms with Crippen LogP contribution in [0.4, 0.5) is 0 Å². The number of nitrogens with zero attached hydrogens (tertiary/aromatic N) is 1. The summed E-state index contributed by atoms with van der Waals surface area (Å²) in [6, 6.07) is 2.25. The molecule has 0 radical (unpaired) electrons. The van der Waals surface area contributed by atoms with E-state index in [9.17, 15) is 0 Å². The van der Waals surface area contributed by atoms with E-state index in [-0.39, 0.29) is 12.0 Å². The summed E-state index contributed by atoms with van der Waals surface area (Å²) in [6.45, 7) is 4.46. The molecule has 0 saturated heterocycles. The molecule has 1 aliphatic carbocycles. The van der Waals surface area contributed by atoms with Gasteiger partial charge >= 0.3 is 0 Å². The van der Waals surface area contributed by atoms with Crippen molar-refractivity contribution in [2.24, 2.45) is 11.3 Å². The van der Waals surface area contributed by atoms with Crippen LogP contribution in [0.15, 0.2) is 11.6 Å². The quantitative estimate of drug-likeness (QED) is 0.675. The van der Waals surface area contributed by atoms with Crippen LogP contribution in [0.5, 0.6) is 0 Å². The lowest BCUT2D eigenvalue weighted by atomic mass is 9.72. The fraction of sp³-hybridized carbons (Fsp3) is 0.727. The molecule has 0 amide bonds. The van der Waals surface area contributed by atoms with E-state index in [0.717, 1.165) is 12.8 Å². The number of hydrogen-bond donors (Lipinski definition) is 1. The van der Waals surface area contributed by atoms with Crippen molar-refractivity contribution >= 4 is 0 Å². The Bertz CT molecular complexity index is 251. The molecule has 2 heteroatoms. The third kappa shape index (κ3) is 1.76. The van der Waals surface area contributed by atoms with E-state index in [1.807, 2.05) is 0 Å². The molecule has 0 spiro atoms. The lowest BCUT2D eigenvalue weighted by molar-refractivity contribution is 0.191. The topological polar surface area (TPSA) is 44.0 Å². The smallest absolute Gasteiger partial charge is 0.0630 e. The van der Waals surface area contributed by atoms with Crippen LogP contribution in [0.1, 0.15) is 33.1 Å². The molecule has 0 aromatic heterocycles. The molecule has 0 aromatic carbocycles. The maximum Gasteiger partial charge on any atom is 0.0630 e. The SMILES string of the molecule is CC1=CCC(CCO)C1(C)CC#N. The minimum atomic E-state index is 0.0114. The van der Waals surface area contributed by atoms with Gasteiger partial charge in [0.25, 0.3) is 0 Å². The molecular weight excluding hydrogens is 162 g/mol. The Morgan fingerprint density at radius 1 is 1.77 bits per heavy atom. The lowest BCUT2D eigenvalue weighted by Gasteiger charge is -2.31. The monoisotopic (exact) mass is 179 g/mol. The molecule has 2 nitrogen and oxygen atoms in total. The number of nitriles is 1. The first-order valence-corrected chi connectivity index (χ1v) is 4.80. The van der Waals surface area contributed by atoms with Crippen LogP contribution < -0.4 is 0 Å². The van der Waals surface area contributed by atoms with Crippen LogP contribution in [-0.2, 0) is 0 Å². The van der Waals surface area contributed by atoms with Crippen LogP contribution >= 0.6 is 0 Å². The highest BCUT2D eigenvalue weighted by atomic mass is 16.3. The fourth-order valence-electron chi connectivity index (χ4n) is 2.17. The maximum absolute atomic E-state index is 8.91. The van der Waals surface area contributed by atoms with Crippen LogP contribution in [0, 0.1) is 22.7 Å². The first kappa shape index (κ1) is 10.3. The second-order valence-electron chi connectivity index (χ2n) is 4.08. The second kappa shape index (κ2) is 3.93. The first-order valence-electron chi connectivity index (χ1n) is 4.80. The molecule has 0 aromatic rings. The van der Waals surface area contributed by atoms with E-state index >= 15 is 0 Å². The van der Waals surface area contributed by atoms with Gasteiger partial charge in [0, 0.05) is 18.4 Å². The second-order valence-corrected chi connectivity index (χ2v) is 4.08. The Morgan fingerprint density at radius 3 is 3.00 bits per heavy atom. The molecule has 1 rings (SSSR count). The van der Waals surface area contributed by atoms with Gasteiger partial charge in [0.15, 0.2) is 0 Å². The predicted octanol–water partition coefficient (Wildman–Crippen LogP) is 2.25. The van der Waals surface area contributed by atoms with E-state index in [1.165, 1.54) is 5.57 Å². The Morgan fingerprint density at radius 2 is 2.46 bits per heavy atom. The van der Waals surface area contributed by atoms with Crippen molar-refractivity contribution in [3.05, 3.63) is 11.6 Å². The minimum absolute atomic E-state index is 0.0114. The van der Waals surface area contributed by atoms with E-state index < -0.39 is 0 Å². The summed E-state index contributed by atoms with van der Waals surface area (Å²) in [7, 11) is 0. The van der Waals surface area contributed by atoms with Gasteiger partial charge in [-0.3, -0.25) is 0 Å². The standard InChI is InChI=1S/C11H17NO/c1-9-3-4-10(5-8-13)11(9,2)6-7-12/h3,10,13H,4-6,8H2,1-2H3.